The lowest BCUT2D eigenvalue weighted by Crippen LogP contribution is -2.27. The minimum atomic E-state index is -0.772. The zero-order valence-corrected chi connectivity index (χ0v) is 17.4. The monoisotopic (exact) mass is 384 g/mol. The number of aliphatic hydroxyl groups excluding tert-OH is 1. The van der Waals surface area contributed by atoms with Crippen LogP contribution in [0.25, 0.3) is 0 Å². The molecule has 0 aromatic rings. The molecule has 26 heavy (non-hydrogen) atoms. The number of ketones is 1. The van der Waals surface area contributed by atoms with Gasteiger partial charge in [0, 0.05) is 12.3 Å². The van der Waals surface area contributed by atoms with Gasteiger partial charge in [-0.3, -0.25) is 9.59 Å². The summed E-state index contributed by atoms with van der Waals surface area (Å²) in [4.78, 5) is 22.7. The van der Waals surface area contributed by atoms with Gasteiger partial charge in [-0.25, -0.2) is 0 Å². The van der Waals surface area contributed by atoms with E-state index >= 15 is 0 Å². The van der Waals surface area contributed by atoms with E-state index in [1.54, 1.807) is 0 Å². The van der Waals surface area contributed by atoms with Crippen molar-refractivity contribution in [3.63, 3.8) is 0 Å². The molecule has 1 aliphatic carbocycles. The number of carbonyl (C=O) groups is 2. The third-order valence-corrected chi connectivity index (χ3v) is 6.48. The van der Waals surface area contributed by atoms with Crippen molar-refractivity contribution in [3.8, 4) is 0 Å². The number of rotatable bonds is 13. The number of aliphatic hydroxyl groups is 1. The van der Waals surface area contributed by atoms with Gasteiger partial charge in [-0.05, 0) is 42.8 Å². The maximum Gasteiger partial charge on any atom is 0.313 e. The summed E-state index contributed by atoms with van der Waals surface area (Å²) >= 11 is 1.44. The van der Waals surface area contributed by atoms with Crippen molar-refractivity contribution in [2.45, 2.75) is 78.2 Å². The SMILES string of the molecule is CCCCC(C)(C)[C@@H](O)/C=C/C1CCC(=O)[C@@H]1CCCCSCC(=O)O. The predicted octanol–water partition coefficient (Wildman–Crippen LogP) is 4.70. The first-order valence-corrected chi connectivity index (χ1v) is 11.1. The third-order valence-electron chi connectivity index (χ3n) is 5.45. The number of carbonyl (C=O) groups excluding carboxylic acids is 1. The Morgan fingerprint density at radius 1 is 1.35 bits per heavy atom. The van der Waals surface area contributed by atoms with Gasteiger partial charge in [-0.15, -0.1) is 0 Å². The Hall–Kier alpha value is -0.810. The number of hydrogen-bond acceptors (Lipinski definition) is 4. The van der Waals surface area contributed by atoms with Crippen molar-refractivity contribution < 1.29 is 19.8 Å². The van der Waals surface area contributed by atoms with E-state index in [0.29, 0.717) is 12.2 Å². The second kappa shape index (κ2) is 11.8. The Kier molecular flexibility index (Phi) is 10.6. The van der Waals surface area contributed by atoms with Crippen LogP contribution in [0.4, 0.5) is 0 Å². The Morgan fingerprint density at radius 2 is 2.08 bits per heavy atom. The molecule has 0 spiro atoms. The summed E-state index contributed by atoms with van der Waals surface area (Å²) in [6.07, 6.45) is 11.1. The Labute approximate surface area is 162 Å². The molecule has 0 heterocycles. The number of aliphatic carboxylic acids is 1. The number of Topliss-reactive ketones (excluding diaryl/α,β-unsaturated/α-hetero) is 1. The first-order valence-electron chi connectivity index (χ1n) is 9.96. The normalized spacial score (nSPS) is 22.2. The van der Waals surface area contributed by atoms with Gasteiger partial charge in [-0.1, -0.05) is 52.2 Å². The van der Waals surface area contributed by atoms with E-state index in [-0.39, 0.29) is 23.0 Å². The number of carboxylic acids is 1. The molecule has 0 aromatic carbocycles. The molecule has 0 bridgehead atoms. The lowest BCUT2D eigenvalue weighted by molar-refractivity contribution is -0.133. The van der Waals surface area contributed by atoms with Crippen molar-refractivity contribution in [1.29, 1.82) is 0 Å². The van der Waals surface area contributed by atoms with Gasteiger partial charge in [0.25, 0.3) is 0 Å². The summed E-state index contributed by atoms with van der Waals surface area (Å²) in [6.45, 7) is 6.36. The Morgan fingerprint density at radius 3 is 2.73 bits per heavy atom. The van der Waals surface area contributed by atoms with E-state index in [9.17, 15) is 14.7 Å². The van der Waals surface area contributed by atoms with Crippen LogP contribution in [-0.2, 0) is 9.59 Å². The summed E-state index contributed by atoms with van der Waals surface area (Å²) in [7, 11) is 0. The van der Waals surface area contributed by atoms with Crippen molar-refractivity contribution in [1.82, 2.24) is 0 Å². The molecule has 150 valence electrons. The second-order valence-electron chi connectivity index (χ2n) is 8.14. The molecule has 3 atom stereocenters. The number of unbranched alkanes of at least 4 members (excludes halogenated alkanes) is 2. The molecule has 1 saturated carbocycles. The molecular weight excluding hydrogens is 348 g/mol. The Bertz CT molecular complexity index is 473. The first-order chi connectivity index (χ1) is 12.3. The average Bonchev–Trinajstić information content (AvgIpc) is 2.93. The van der Waals surface area contributed by atoms with Crippen LogP contribution in [0.1, 0.15) is 72.1 Å². The van der Waals surface area contributed by atoms with E-state index in [1.807, 2.05) is 6.08 Å². The standard InChI is InChI=1S/C21H36O4S/c1-4-5-13-21(2,3)19(23)12-10-16-9-11-18(22)17(16)8-6-7-14-26-15-20(24)25/h10,12,16-17,19,23H,4-9,11,13-15H2,1-3H3,(H,24,25)/b12-10+/t16?,17-,19+/m1/s1. The molecule has 1 aliphatic rings. The smallest absolute Gasteiger partial charge is 0.313 e. The van der Waals surface area contributed by atoms with E-state index in [4.69, 9.17) is 5.11 Å². The molecule has 0 aromatic heterocycles. The number of thioether (sulfide) groups is 1. The van der Waals surface area contributed by atoms with Crippen LogP contribution >= 0.6 is 11.8 Å². The average molecular weight is 385 g/mol. The zero-order chi connectivity index (χ0) is 19.6. The topological polar surface area (TPSA) is 74.6 Å². The predicted molar refractivity (Wildman–Crippen MR) is 108 cm³/mol. The molecule has 5 heteroatoms. The lowest BCUT2D eigenvalue weighted by atomic mass is 9.80. The molecule has 4 nitrogen and oxygen atoms in total. The lowest BCUT2D eigenvalue weighted by Gasteiger charge is -2.29. The van der Waals surface area contributed by atoms with Gasteiger partial charge in [0.1, 0.15) is 5.78 Å². The van der Waals surface area contributed by atoms with E-state index in [1.165, 1.54) is 11.8 Å². The fourth-order valence-electron chi connectivity index (χ4n) is 3.56. The number of allylic oxidation sites excluding steroid dienone is 1. The molecule has 0 aliphatic heterocycles. The van der Waals surface area contributed by atoms with Crippen molar-refractivity contribution in [2.75, 3.05) is 11.5 Å². The highest BCUT2D eigenvalue weighted by molar-refractivity contribution is 7.99. The van der Waals surface area contributed by atoms with Crippen LogP contribution in [0.2, 0.25) is 0 Å². The molecular formula is C21H36O4S. The van der Waals surface area contributed by atoms with Gasteiger partial charge < -0.3 is 10.2 Å². The van der Waals surface area contributed by atoms with Gasteiger partial charge in [0.15, 0.2) is 0 Å². The van der Waals surface area contributed by atoms with Crippen molar-refractivity contribution in [3.05, 3.63) is 12.2 Å². The van der Waals surface area contributed by atoms with Crippen LogP contribution in [0.3, 0.4) is 0 Å². The third kappa shape index (κ3) is 8.26. The van der Waals surface area contributed by atoms with E-state index in [2.05, 4.69) is 26.8 Å². The molecule has 0 saturated heterocycles. The summed E-state index contributed by atoms with van der Waals surface area (Å²) in [5, 5.41) is 19.1. The fourth-order valence-corrected chi connectivity index (χ4v) is 4.28. The summed E-state index contributed by atoms with van der Waals surface area (Å²) < 4.78 is 0. The van der Waals surface area contributed by atoms with Crippen molar-refractivity contribution in [2.24, 2.45) is 17.3 Å². The second-order valence-corrected chi connectivity index (χ2v) is 9.24. The highest BCUT2D eigenvalue weighted by Crippen LogP contribution is 2.35. The first kappa shape index (κ1) is 23.2. The number of carboxylic acid groups (broad SMARTS) is 1. The largest absolute Gasteiger partial charge is 0.481 e. The highest BCUT2D eigenvalue weighted by atomic mass is 32.2. The van der Waals surface area contributed by atoms with Crippen LogP contribution in [0.15, 0.2) is 12.2 Å². The van der Waals surface area contributed by atoms with Gasteiger partial charge in [0.05, 0.1) is 11.9 Å². The molecule has 2 N–H and O–H groups in total. The maximum atomic E-state index is 12.2. The van der Waals surface area contributed by atoms with Crippen LogP contribution < -0.4 is 0 Å². The highest BCUT2D eigenvalue weighted by Gasteiger charge is 2.33. The fraction of sp³-hybridized carbons (Fsp3) is 0.810. The summed E-state index contributed by atoms with van der Waals surface area (Å²) in [6, 6.07) is 0. The van der Waals surface area contributed by atoms with Crippen LogP contribution in [0.5, 0.6) is 0 Å². The molecule has 1 unspecified atom stereocenters. The minimum absolute atomic E-state index is 0.0710. The summed E-state index contributed by atoms with van der Waals surface area (Å²) in [5.41, 5.74) is -0.133. The maximum absolute atomic E-state index is 12.2. The minimum Gasteiger partial charge on any atom is -0.481 e. The van der Waals surface area contributed by atoms with Gasteiger partial charge >= 0.3 is 5.97 Å². The molecule has 0 radical (unpaired) electrons. The Balaban J connectivity index is 2.44. The van der Waals surface area contributed by atoms with Crippen LogP contribution in [-0.4, -0.2) is 39.6 Å². The van der Waals surface area contributed by atoms with Crippen LogP contribution in [0, 0.1) is 17.3 Å². The summed E-state index contributed by atoms with van der Waals surface area (Å²) in [5.74, 6) is 0.869. The van der Waals surface area contributed by atoms with Gasteiger partial charge in [-0.2, -0.15) is 11.8 Å². The number of hydrogen-bond donors (Lipinski definition) is 2. The molecule has 1 fully saturated rings. The molecule has 1 rings (SSSR count). The van der Waals surface area contributed by atoms with E-state index < -0.39 is 12.1 Å². The van der Waals surface area contributed by atoms with E-state index in [0.717, 1.165) is 50.7 Å². The quantitative estimate of drug-likeness (QED) is 0.355. The van der Waals surface area contributed by atoms with Crippen molar-refractivity contribution >= 4 is 23.5 Å². The molecule has 0 amide bonds. The van der Waals surface area contributed by atoms with Gasteiger partial charge in [0.2, 0.25) is 0 Å². The zero-order valence-electron chi connectivity index (χ0n) is 16.6.